The number of methoxy groups -OCH3 is 1. The van der Waals surface area contributed by atoms with Crippen molar-refractivity contribution in [3.8, 4) is 5.75 Å². The lowest BCUT2D eigenvalue weighted by Crippen LogP contribution is -2.49. The van der Waals surface area contributed by atoms with E-state index in [4.69, 9.17) is 4.74 Å². The summed E-state index contributed by atoms with van der Waals surface area (Å²) in [5.41, 5.74) is -0.0894. The molecule has 1 aromatic carbocycles. The molecule has 0 amide bonds. The van der Waals surface area contributed by atoms with Crippen LogP contribution in [0, 0.1) is 5.41 Å². The number of ketones is 1. The number of rotatable bonds is 2. The van der Waals surface area contributed by atoms with Crippen LogP contribution in [0.3, 0.4) is 0 Å². The van der Waals surface area contributed by atoms with E-state index in [2.05, 4.69) is 0 Å². The highest BCUT2D eigenvalue weighted by Gasteiger charge is 2.48. The average Bonchev–Trinajstić information content (AvgIpc) is 2.54. The zero-order valence-electron chi connectivity index (χ0n) is 13.3. The van der Waals surface area contributed by atoms with E-state index in [1.807, 2.05) is 0 Å². The van der Waals surface area contributed by atoms with Gasteiger partial charge in [0, 0.05) is 17.8 Å². The van der Waals surface area contributed by atoms with Crippen LogP contribution in [0.2, 0.25) is 0 Å². The third-order valence-electron chi connectivity index (χ3n) is 4.60. The Morgan fingerprint density at radius 1 is 1.17 bits per heavy atom. The van der Waals surface area contributed by atoms with Crippen LogP contribution >= 0.6 is 0 Å². The number of hydrogen-bond donors (Lipinski definition) is 1. The van der Waals surface area contributed by atoms with Gasteiger partial charge in [-0.15, -0.1) is 0 Å². The van der Waals surface area contributed by atoms with Gasteiger partial charge in [-0.05, 0) is 43.7 Å². The lowest BCUT2D eigenvalue weighted by molar-refractivity contribution is 0.0133. The number of benzene rings is 1. The predicted octanol–water partition coefficient (Wildman–Crippen LogP) is 2.03. The van der Waals surface area contributed by atoms with Gasteiger partial charge in [0.2, 0.25) is 0 Å². The molecule has 23 heavy (non-hydrogen) atoms. The Bertz CT molecular complexity index is 822. The van der Waals surface area contributed by atoms with Crippen molar-refractivity contribution in [2.75, 3.05) is 7.11 Å². The number of Topliss-reactive ketones (excluding diaryl/α,β-unsaturated/α-hetero) is 1. The monoisotopic (exact) mass is 313 g/mol. The number of ether oxygens (including phenoxy) is 1. The number of nitrogens with zero attached hydrogens (tertiary/aromatic N) is 1. The molecule has 120 valence electrons. The summed E-state index contributed by atoms with van der Waals surface area (Å²) >= 11 is 0. The highest BCUT2D eigenvalue weighted by molar-refractivity contribution is 6.03. The predicted molar refractivity (Wildman–Crippen MR) is 86.0 cm³/mol. The molecule has 1 aromatic heterocycles. The van der Waals surface area contributed by atoms with Crippen LogP contribution < -0.4 is 10.3 Å². The van der Waals surface area contributed by atoms with Crippen molar-refractivity contribution in [2.24, 2.45) is 5.41 Å². The van der Waals surface area contributed by atoms with E-state index in [1.165, 1.54) is 17.7 Å². The van der Waals surface area contributed by atoms with Gasteiger partial charge in [-0.3, -0.25) is 9.59 Å². The smallest absolute Gasteiger partial charge is 0.251 e. The third-order valence-corrected chi connectivity index (χ3v) is 4.60. The zero-order valence-corrected chi connectivity index (χ0v) is 13.3. The Hall–Kier alpha value is -2.40. The molecule has 1 aliphatic carbocycles. The van der Waals surface area contributed by atoms with Gasteiger partial charge in [0.1, 0.15) is 5.75 Å². The molecule has 0 saturated carbocycles. The summed E-state index contributed by atoms with van der Waals surface area (Å²) in [7, 11) is 1.54. The number of aromatic nitrogens is 1. The molecule has 0 aliphatic heterocycles. The Balaban J connectivity index is 2.30. The summed E-state index contributed by atoms with van der Waals surface area (Å²) in [6.07, 6.45) is 0.612. The van der Waals surface area contributed by atoms with Gasteiger partial charge < -0.3 is 14.4 Å². The van der Waals surface area contributed by atoms with Crippen LogP contribution in [0.5, 0.6) is 5.75 Å². The first-order valence-corrected chi connectivity index (χ1v) is 7.46. The highest BCUT2D eigenvalue weighted by atomic mass is 16.5. The largest absolute Gasteiger partial charge is 0.497 e. The van der Waals surface area contributed by atoms with Crippen LogP contribution in [0.25, 0.3) is 0 Å². The van der Waals surface area contributed by atoms with E-state index >= 15 is 0 Å². The summed E-state index contributed by atoms with van der Waals surface area (Å²) in [6.45, 7) is 3.41. The molecule has 3 rings (SSSR count). The standard InChI is InChI=1S/C18H19NO4/c1-18(2)16(21)12-8-7-11(23-3)10-13(12)15(17(18)22)19-9-5-4-6-14(19)20/h4-10,15,17,22H,1-3H3/t15-,17+/m0/s1. The molecule has 0 spiro atoms. The molecule has 0 unspecified atom stereocenters. The quantitative estimate of drug-likeness (QED) is 0.921. The zero-order chi connectivity index (χ0) is 16.8. The number of carbonyl (C=O) groups is 1. The van der Waals surface area contributed by atoms with Crippen molar-refractivity contribution >= 4 is 5.78 Å². The maximum absolute atomic E-state index is 12.7. The lowest BCUT2D eigenvalue weighted by Gasteiger charge is -2.41. The molecule has 1 heterocycles. The summed E-state index contributed by atoms with van der Waals surface area (Å²) in [6, 6.07) is 9.32. The van der Waals surface area contributed by atoms with Gasteiger partial charge in [0.15, 0.2) is 5.78 Å². The van der Waals surface area contributed by atoms with Crippen LogP contribution in [-0.4, -0.2) is 28.7 Å². The average molecular weight is 313 g/mol. The minimum atomic E-state index is -1.02. The lowest BCUT2D eigenvalue weighted by atomic mass is 9.68. The fourth-order valence-electron chi connectivity index (χ4n) is 3.14. The molecule has 2 aromatic rings. The Morgan fingerprint density at radius 3 is 2.57 bits per heavy atom. The number of fused-ring (bicyclic) bond motifs is 1. The van der Waals surface area contributed by atoms with Gasteiger partial charge in [0.05, 0.1) is 24.7 Å². The van der Waals surface area contributed by atoms with E-state index in [0.717, 1.165) is 0 Å². The fraction of sp³-hybridized carbons (Fsp3) is 0.333. The molecule has 1 aliphatic rings. The number of hydrogen-bond acceptors (Lipinski definition) is 4. The SMILES string of the molecule is COc1ccc2c(c1)[C@H](n1ccccc1=O)[C@@H](O)C(C)(C)C2=O. The van der Waals surface area contributed by atoms with E-state index in [-0.39, 0.29) is 11.3 Å². The molecule has 2 atom stereocenters. The van der Waals surface area contributed by atoms with Crippen LogP contribution in [0.15, 0.2) is 47.4 Å². The van der Waals surface area contributed by atoms with Crippen molar-refractivity contribution in [3.05, 3.63) is 64.1 Å². The summed E-state index contributed by atoms with van der Waals surface area (Å²) < 4.78 is 6.71. The first kappa shape index (κ1) is 15.5. The first-order valence-electron chi connectivity index (χ1n) is 7.46. The molecular weight excluding hydrogens is 294 g/mol. The van der Waals surface area contributed by atoms with Crippen molar-refractivity contribution in [1.29, 1.82) is 0 Å². The van der Waals surface area contributed by atoms with Gasteiger partial charge in [-0.25, -0.2) is 0 Å². The molecule has 0 radical (unpaired) electrons. The minimum absolute atomic E-state index is 0.136. The maximum Gasteiger partial charge on any atom is 0.251 e. The molecule has 0 saturated heterocycles. The second kappa shape index (κ2) is 5.35. The van der Waals surface area contributed by atoms with E-state index < -0.39 is 17.6 Å². The van der Waals surface area contributed by atoms with Gasteiger partial charge in [-0.2, -0.15) is 0 Å². The molecule has 5 heteroatoms. The van der Waals surface area contributed by atoms with Crippen molar-refractivity contribution in [3.63, 3.8) is 0 Å². The molecule has 5 nitrogen and oxygen atoms in total. The highest BCUT2D eigenvalue weighted by Crippen LogP contribution is 2.43. The number of carbonyl (C=O) groups excluding carboxylic acids is 1. The Labute approximate surface area is 134 Å². The van der Waals surface area contributed by atoms with Crippen molar-refractivity contribution in [2.45, 2.75) is 26.0 Å². The second-order valence-electron chi connectivity index (χ2n) is 6.34. The minimum Gasteiger partial charge on any atom is -0.497 e. The number of aliphatic hydroxyl groups excluding tert-OH is 1. The van der Waals surface area contributed by atoms with Crippen molar-refractivity contribution < 1.29 is 14.6 Å². The van der Waals surface area contributed by atoms with E-state index in [9.17, 15) is 14.7 Å². The summed E-state index contributed by atoms with van der Waals surface area (Å²) in [5, 5.41) is 10.8. The second-order valence-corrected chi connectivity index (χ2v) is 6.34. The van der Waals surface area contributed by atoms with Gasteiger partial charge in [-0.1, -0.05) is 6.07 Å². The van der Waals surface area contributed by atoms with Crippen molar-refractivity contribution in [1.82, 2.24) is 4.57 Å². The maximum atomic E-state index is 12.7. The fourth-order valence-corrected chi connectivity index (χ4v) is 3.14. The van der Waals surface area contributed by atoms with Gasteiger partial charge >= 0.3 is 0 Å². The first-order chi connectivity index (χ1) is 10.9. The Morgan fingerprint density at radius 2 is 1.91 bits per heavy atom. The Kier molecular flexibility index (Phi) is 3.60. The van der Waals surface area contributed by atoms with Gasteiger partial charge in [0.25, 0.3) is 5.56 Å². The molecule has 1 N–H and O–H groups in total. The van der Waals surface area contributed by atoms with E-state index in [1.54, 1.807) is 50.4 Å². The van der Waals surface area contributed by atoms with Crippen LogP contribution in [0.1, 0.15) is 35.8 Å². The molecule has 0 bridgehead atoms. The number of pyridine rings is 1. The van der Waals surface area contributed by atoms with Crippen LogP contribution in [-0.2, 0) is 0 Å². The normalized spacial score (nSPS) is 22.5. The van der Waals surface area contributed by atoms with Crippen LogP contribution in [0.4, 0.5) is 0 Å². The summed E-state index contributed by atoms with van der Waals surface area (Å²) in [5.74, 6) is 0.445. The van der Waals surface area contributed by atoms with E-state index in [0.29, 0.717) is 16.9 Å². The third kappa shape index (κ3) is 2.28. The molecule has 0 fully saturated rings. The summed E-state index contributed by atoms with van der Waals surface area (Å²) in [4.78, 5) is 25.0. The topological polar surface area (TPSA) is 68.5 Å². The molecular formula is C18H19NO4. The number of aliphatic hydroxyl groups is 1.